The van der Waals surface area contributed by atoms with Crippen LogP contribution >= 0.6 is 0 Å². The first kappa shape index (κ1) is 17.1. The summed E-state index contributed by atoms with van der Waals surface area (Å²) in [6, 6.07) is 4.49. The Morgan fingerprint density at radius 3 is 2.62 bits per heavy atom. The molecule has 3 heteroatoms. The number of carbonyl (C=O) groups is 1. The number of benzene rings is 1. The molecule has 24 heavy (non-hydrogen) atoms. The molecule has 0 bridgehead atoms. The second kappa shape index (κ2) is 5.94. The van der Waals surface area contributed by atoms with E-state index in [1.807, 2.05) is 6.92 Å². The molecule has 0 spiro atoms. The maximum atomic E-state index is 11.5. The van der Waals surface area contributed by atoms with E-state index in [-0.39, 0.29) is 5.41 Å². The number of carboxylic acids is 1. The predicted octanol–water partition coefficient (Wildman–Crippen LogP) is 4.83. The molecule has 0 heterocycles. The summed E-state index contributed by atoms with van der Waals surface area (Å²) in [7, 11) is 1.77. The van der Waals surface area contributed by atoms with Crippen LogP contribution < -0.4 is 4.74 Å². The normalized spacial score (nSPS) is 26.2. The van der Waals surface area contributed by atoms with Crippen molar-refractivity contribution in [2.45, 2.75) is 64.7 Å². The lowest BCUT2D eigenvalue weighted by Gasteiger charge is -2.47. The zero-order chi connectivity index (χ0) is 17.6. The van der Waals surface area contributed by atoms with E-state index in [1.165, 1.54) is 16.7 Å². The average molecular weight is 328 g/mol. The Hall–Kier alpha value is -1.77. The van der Waals surface area contributed by atoms with Gasteiger partial charge < -0.3 is 9.84 Å². The number of ether oxygens (including phenoxy) is 1. The number of rotatable bonds is 3. The van der Waals surface area contributed by atoms with Gasteiger partial charge in [-0.15, -0.1) is 0 Å². The van der Waals surface area contributed by atoms with Gasteiger partial charge in [0.15, 0.2) is 0 Å². The molecule has 1 aromatic rings. The van der Waals surface area contributed by atoms with Crippen molar-refractivity contribution in [2.75, 3.05) is 7.11 Å². The highest BCUT2D eigenvalue weighted by Crippen LogP contribution is 2.54. The Kier molecular flexibility index (Phi) is 4.23. The molecule has 0 saturated heterocycles. The van der Waals surface area contributed by atoms with Crippen LogP contribution in [0.5, 0.6) is 5.75 Å². The van der Waals surface area contributed by atoms with Crippen molar-refractivity contribution in [3.05, 3.63) is 40.0 Å². The topological polar surface area (TPSA) is 46.5 Å². The largest absolute Gasteiger partial charge is 0.496 e. The minimum Gasteiger partial charge on any atom is -0.496 e. The number of allylic oxidation sites excluding steroid dienone is 1. The molecule has 3 rings (SSSR count). The van der Waals surface area contributed by atoms with Gasteiger partial charge in [-0.3, -0.25) is 0 Å². The summed E-state index contributed by atoms with van der Waals surface area (Å²) in [4.78, 5) is 11.5. The maximum absolute atomic E-state index is 11.5. The van der Waals surface area contributed by atoms with Gasteiger partial charge in [0.2, 0.25) is 0 Å². The van der Waals surface area contributed by atoms with Crippen molar-refractivity contribution in [1.82, 2.24) is 0 Å². The average Bonchev–Trinajstić information content (AvgIpc) is 2.53. The quantitative estimate of drug-likeness (QED) is 0.864. The van der Waals surface area contributed by atoms with Gasteiger partial charge in [-0.1, -0.05) is 38.5 Å². The summed E-state index contributed by atoms with van der Waals surface area (Å²) in [6.45, 7) is 8.73. The van der Waals surface area contributed by atoms with Crippen LogP contribution in [-0.2, 0) is 16.6 Å². The monoisotopic (exact) mass is 328 g/mol. The highest BCUT2D eigenvalue weighted by atomic mass is 16.5. The molecular formula is C21H28O3. The highest BCUT2D eigenvalue weighted by molar-refractivity contribution is 5.88. The van der Waals surface area contributed by atoms with Crippen LogP contribution in [0.1, 0.15) is 69.6 Å². The number of hydrogen-bond acceptors (Lipinski definition) is 2. The predicted molar refractivity (Wildman–Crippen MR) is 95.8 cm³/mol. The molecule has 130 valence electrons. The third-order valence-electron chi connectivity index (χ3n) is 6.34. The third-order valence-corrected chi connectivity index (χ3v) is 6.34. The van der Waals surface area contributed by atoms with E-state index in [0.29, 0.717) is 23.8 Å². The first-order chi connectivity index (χ1) is 11.3. The SMILES string of the molecule is COc1c(C(C)C)ccc2c1CC[C@H]1C(C)=C(C(=O)O)CC[C@]21C. The molecule has 3 nitrogen and oxygen atoms in total. The van der Waals surface area contributed by atoms with Gasteiger partial charge in [0.25, 0.3) is 0 Å². The van der Waals surface area contributed by atoms with Gasteiger partial charge >= 0.3 is 5.97 Å². The van der Waals surface area contributed by atoms with Gasteiger partial charge in [0.1, 0.15) is 5.75 Å². The van der Waals surface area contributed by atoms with Crippen molar-refractivity contribution < 1.29 is 14.6 Å². The summed E-state index contributed by atoms with van der Waals surface area (Å²) in [6.07, 6.45) is 3.52. The van der Waals surface area contributed by atoms with E-state index < -0.39 is 5.97 Å². The number of carboxylic acid groups (broad SMARTS) is 1. The first-order valence-corrected chi connectivity index (χ1v) is 8.94. The molecule has 0 unspecified atom stereocenters. The van der Waals surface area contributed by atoms with Crippen LogP contribution in [0.4, 0.5) is 0 Å². The maximum Gasteiger partial charge on any atom is 0.331 e. The van der Waals surface area contributed by atoms with Crippen LogP contribution in [-0.4, -0.2) is 18.2 Å². The Morgan fingerprint density at radius 1 is 1.33 bits per heavy atom. The fourth-order valence-electron chi connectivity index (χ4n) is 4.99. The van der Waals surface area contributed by atoms with Crippen LogP contribution in [0, 0.1) is 5.92 Å². The molecule has 2 atom stereocenters. The van der Waals surface area contributed by atoms with E-state index in [2.05, 4.69) is 32.9 Å². The number of fused-ring (bicyclic) bond motifs is 3. The van der Waals surface area contributed by atoms with E-state index in [4.69, 9.17) is 4.74 Å². The molecule has 0 amide bonds. The zero-order valence-electron chi connectivity index (χ0n) is 15.4. The van der Waals surface area contributed by atoms with E-state index in [9.17, 15) is 9.90 Å². The minimum atomic E-state index is -0.743. The Labute approximate surface area is 144 Å². The summed E-state index contributed by atoms with van der Waals surface area (Å²) in [5, 5.41) is 9.48. The van der Waals surface area contributed by atoms with Crippen LogP contribution in [0.2, 0.25) is 0 Å². The standard InChI is InChI=1S/C21H28O3/c1-12(2)14-6-9-18-16(19(14)24-5)7-8-17-13(3)15(20(22)23)10-11-21(17,18)4/h6,9,12,17H,7-8,10-11H2,1-5H3,(H,22,23)/t17-,21-/m0/s1. The van der Waals surface area contributed by atoms with Gasteiger partial charge in [0.05, 0.1) is 7.11 Å². The second-order valence-electron chi connectivity index (χ2n) is 7.84. The van der Waals surface area contributed by atoms with Gasteiger partial charge in [-0.2, -0.15) is 0 Å². The molecular weight excluding hydrogens is 300 g/mol. The summed E-state index contributed by atoms with van der Waals surface area (Å²) >= 11 is 0. The van der Waals surface area contributed by atoms with Crippen molar-refractivity contribution in [2.24, 2.45) is 5.92 Å². The summed E-state index contributed by atoms with van der Waals surface area (Å²) < 4.78 is 5.81. The van der Waals surface area contributed by atoms with Crippen molar-refractivity contribution in [3.63, 3.8) is 0 Å². The Balaban J connectivity index is 2.15. The minimum absolute atomic E-state index is 0.0133. The number of aliphatic carboxylic acids is 1. The molecule has 1 aromatic carbocycles. The van der Waals surface area contributed by atoms with E-state index in [0.717, 1.165) is 30.6 Å². The molecule has 0 aromatic heterocycles. The van der Waals surface area contributed by atoms with Crippen molar-refractivity contribution in [1.29, 1.82) is 0 Å². The Morgan fingerprint density at radius 2 is 2.04 bits per heavy atom. The molecule has 2 aliphatic carbocycles. The van der Waals surface area contributed by atoms with E-state index in [1.54, 1.807) is 7.11 Å². The van der Waals surface area contributed by atoms with Crippen LogP contribution in [0.25, 0.3) is 0 Å². The van der Waals surface area contributed by atoms with E-state index >= 15 is 0 Å². The lowest BCUT2D eigenvalue weighted by molar-refractivity contribution is -0.133. The molecule has 0 fully saturated rings. The van der Waals surface area contributed by atoms with Crippen LogP contribution in [0.3, 0.4) is 0 Å². The third kappa shape index (κ3) is 2.37. The fourth-order valence-corrected chi connectivity index (χ4v) is 4.99. The number of methoxy groups -OCH3 is 1. The summed E-state index contributed by atoms with van der Waals surface area (Å²) in [5.74, 6) is 1.06. The zero-order valence-corrected chi connectivity index (χ0v) is 15.4. The number of hydrogen-bond donors (Lipinski definition) is 1. The molecule has 2 aliphatic rings. The molecule has 1 N–H and O–H groups in total. The van der Waals surface area contributed by atoms with Crippen LogP contribution in [0.15, 0.2) is 23.3 Å². The van der Waals surface area contributed by atoms with Gasteiger partial charge in [0, 0.05) is 5.57 Å². The smallest absolute Gasteiger partial charge is 0.331 e. The molecule has 0 saturated carbocycles. The van der Waals surface area contributed by atoms with Gasteiger partial charge in [-0.05, 0) is 66.5 Å². The second-order valence-corrected chi connectivity index (χ2v) is 7.84. The lowest BCUT2D eigenvalue weighted by atomic mass is 9.56. The molecule has 0 radical (unpaired) electrons. The lowest BCUT2D eigenvalue weighted by Crippen LogP contribution is -2.41. The highest BCUT2D eigenvalue weighted by Gasteiger charge is 2.46. The van der Waals surface area contributed by atoms with Crippen molar-refractivity contribution >= 4 is 5.97 Å². The van der Waals surface area contributed by atoms with Crippen molar-refractivity contribution in [3.8, 4) is 5.75 Å². The molecule has 0 aliphatic heterocycles. The fraction of sp³-hybridized carbons (Fsp3) is 0.571. The first-order valence-electron chi connectivity index (χ1n) is 8.94. The summed E-state index contributed by atoms with van der Waals surface area (Å²) in [5.41, 5.74) is 5.70. The van der Waals surface area contributed by atoms with Gasteiger partial charge in [-0.25, -0.2) is 4.79 Å². The Bertz CT molecular complexity index is 714.